The summed E-state index contributed by atoms with van der Waals surface area (Å²) in [6, 6.07) is 17.2. The van der Waals surface area contributed by atoms with E-state index in [0.717, 1.165) is 20.8 Å². The molecule has 0 spiro atoms. The fourth-order valence-corrected chi connectivity index (χ4v) is 3.25. The van der Waals surface area contributed by atoms with Crippen molar-refractivity contribution in [1.82, 2.24) is 0 Å². The van der Waals surface area contributed by atoms with Gasteiger partial charge in [0.1, 0.15) is 13.2 Å². The largest absolute Gasteiger partial charge is 0.514 e. The predicted molar refractivity (Wildman–Crippen MR) is 148 cm³/mol. The molecule has 3 aromatic rings. The maximum absolute atomic E-state index is 12.6. The second-order valence-corrected chi connectivity index (χ2v) is 8.54. The summed E-state index contributed by atoms with van der Waals surface area (Å²) in [7, 11) is 0. The van der Waals surface area contributed by atoms with E-state index in [4.69, 9.17) is 42.6 Å². The van der Waals surface area contributed by atoms with E-state index in [1.165, 1.54) is 72.8 Å². The van der Waals surface area contributed by atoms with Crippen LogP contribution in [0, 0.1) is 0 Å². The summed E-state index contributed by atoms with van der Waals surface area (Å²) in [5, 5.41) is 0. The highest BCUT2D eigenvalue weighted by Crippen LogP contribution is 2.29. The van der Waals surface area contributed by atoms with Gasteiger partial charge in [-0.15, -0.1) is 0 Å². The van der Waals surface area contributed by atoms with Crippen LogP contribution in [0.15, 0.2) is 72.8 Å². The van der Waals surface area contributed by atoms with Gasteiger partial charge in [-0.1, -0.05) is 36.4 Å². The van der Waals surface area contributed by atoms with Crippen LogP contribution in [0.3, 0.4) is 0 Å². The first-order valence-corrected chi connectivity index (χ1v) is 12.9. The SMILES string of the molecule is CC(=O)Oc1ccccc1OC(=O)OCC(COC(=O)Oc1ccccc1OC(C)=O)OC(=O)Oc1ccccc1OC(C)=O. The topological polar surface area (TPSA) is 185 Å². The minimum absolute atomic E-state index is 0.0649. The van der Waals surface area contributed by atoms with Crippen molar-refractivity contribution in [3.05, 3.63) is 72.8 Å². The summed E-state index contributed by atoms with van der Waals surface area (Å²) in [4.78, 5) is 71.4. The van der Waals surface area contributed by atoms with Crippen LogP contribution in [0.1, 0.15) is 20.8 Å². The standard InChI is InChI=1S/C30H26O15/c1-18(31)39-22-10-4-7-13-25(22)43-28(34)37-16-21(42-30(36)45-27-15-9-6-12-24(27)41-20(3)33)17-38-29(35)44-26-14-8-5-11-23(26)40-19(2)32/h4-15,21H,16-17H2,1-3H3. The average Bonchev–Trinajstić information content (AvgIpc) is 2.97. The van der Waals surface area contributed by atoms with Crippen molar-refractivity contribution < 1.29 is 71.4 Å². The molecular weight excluding hydrogens is 600 g/mol. The van der Waals surface area contributed by atoms with E-state index in [2.05, 4.69) is 0 Å². The molecule has 15 heteroatoms. The number of carbonyl (C=O) groups is 6. The maximum atomic E-state index is 12.6. The molecule has 0 atom stereocenters. The lowest BCUT2D eigenvalue weighted by Crippen LogP contribution is -2.33. The van der Waals surface area contributed by atoms with Crippen molar-refractivity contribution in [3.8, 4) is 34.5 Å². The van der Waals surface area contributed by atoms with E-state index in [9.17, 15) is 28.8 Å². The van der Waals surface area contributed by atoms with Crippen LogP contribution >= 0.6 is 0 Å². The van der Waals surface area contributed by atoms with E-state index in [1.807, 2.05) is 0 Å². The number of rotatable bonds is 11. The molecule has 0 amide bonds. The quantitative estimate of drug-likeness (QED) is 0.122. The van der Waals surface area contributed by atoms with Gasteiger partial charge in [-0.25, -0.2) is 14.4 Å². The van der Waals surface area contributed by atoms with Crippen LogP contribution in [0.5, 0.6) is 34.5 Å². The van der Waals surface area contributed by atoms with Gasteiger partial charge in [-0.3, -0.25) is 14.4 Å². The monoisotopic (exact) mass is 626 g/mol. The highest BCUT2D eigenvalue weighted by atomic mass is 16.8. The lowest BCUT2D eigenvalue weighted by Gasteiger charge is -2.18. The van der Waals surface area contributed by atoms with Gasteiger partial charge in [0.05, 0.1) is 0 Å². The Morgan fingerprint density at radius 1 is 0.444 bits per heavy atom. The summed E-state index contributed by atoms with van der Waals surface area (Å²) in [5.74, 6) is -2.71. The molecule has 0 unspecified atom stereocenters. The summed E-state index contributed by atoms with van der Waals surface area (Å²) in [5.41, 5.74) is 0. The number of benzene rings is 3. The molecule has 45 heavy (non-hydrogen) atoms. The Morgan fingerprint density at radius 3 is 1.00 bits per heavy atom. The zero-order chi connectivity index (χ0) is 32.8. The Hall–Kier alpha value is -6.12. The van der Waals surface area contributed by atoms with E-state index < -0.39 is 55.7 Å². The third-order valence-corrected chi connectivity index (χ3v) is 4.93. The van der Waals surface area contributed by atoms with Crippen LogP contribution in [0.4, 0.5) is 14.4 Å². The average molecular weight is 627 g/mol. The van der Waals surface area contributed by atoms with Crippen LogP contribution in [-0.4, -0.2) is 55.7 Å². The van der Waals surface area contributed by atoms with Crippen LogP contribution in [0.2, 0.25) is 0 Å². The Morgan fingerprint density at radius 2 is 0.711 bits per heavy atom. The number of para-hydroxylation sites is 6. The van der Waals surface area contributed by atoms with Crippen LogP contribution < -0.4 is 28.4 Å². The Labute approximate surface area is 255 Å². The van der Waals surface area contributed by atoms with E-state index >= 15 is 0 Å². The number of hydrogen-bond acceptors (Lipinski definition) is 15. The Balaban J connectivity index is 1.68. The Kier molecular flexibility index (Phi) is 12.2. The molecule has 0 heterocycles. The molecular formula is C30H26O15. The van der Waals surface area contributed by atoms with Gasteiger partial charge < -0.3 is 42.6 Å². The smallest absolute Gasteiger partial charge is 0.430 e. The Bertz CT molecular complexity index is 1470. The van der Waals surface area contributed by atoms with E-state index in [1.54, 1.807) is 0 Å². The molecule has 0 fully saturated rings. The van der Waals surface area contributed by atoms with Gasteiger partial charge in [0.2, 0.25) is 0 Å². The molecule has 3 aromatic carbocycles. The number of esters is 3. The zero-order valence-electron chi connectivity index (χ0n) is 24.0. The second kappa shape index (κ2) is 16.5. The van der Waals surface area contributed by atoms with E-state index in [0.29, 0.717) is 0 Å². The van der Waals surface area contributed by atoms with Gasteiger partial charge >= 0.3 is 36.4 Å². The molecule has 3 rings (SSSR count). The van der Waals surface area contributed by atoms with Crippen molar-refractivity contribution in [2.45, 2.75) is 26.9 Å². The third-order valence-electron chi connectivity index (χ3n) is 4.93. The summed E-state index contributed by atoms with van der Waals surface area (Å²) in [6.45, 7) is 1.99. The van der Waals surface area contributed by atoms with Crippen molar-refractivity contribution in [1.29, 1.82) is 0 Å². The minimum atomic E-state index is -1.49. The van der Waals surface area contributed by atoms with Gasteiger partial charge in [0.15, 0.2) is 40.6 Å². The van der Waals surface area contributed by atoms with Gasteiger partial charge in [0.25, 0.3) is 0 Å². The van der Waals surface area contributed by atoms with Crippen molar-refractivity contribution in [2.24, 2.45) is 0 Å². The fraction of sp³-hybridized carbons (Fsp3) is 0.200. The van der Waals surface area contributed by atoms with Crippen molar-refractivity contribution in [2.75, 3.05) is 13.2 Å². The van der Waals surface area contributed by atoms with Gasteiger partial charge in [-0.05, 0) is 36.4 Å². The molecule has 0 N–H and O–H groups in total. The van der Waals surface area contributed by atoms with Crippen molar-refractivity contribution >= 4 is 36.4 Å². The second-order valence-electron chi connectivity index (χ2n) is 8.54. The molecule has 236 valence electrons. The highest BCUT2D eigenvalue weighted by molar-refractivity contribution is 5.73. The van der Waals surface area contributed by atoms with Crippen LogP contribution in [-0.2, 0) is 28.6 Å². The molecule has 0 aliphatic carbocycles. The van der Waals surface area contributed by atoms with Gasteiger partial charge in [0, 0.05) is 20.8 Å². The molecule has 0 aliphatic heterocycles. The fourth-order valence-electron chi connectivity index (χ4n) is 3.25. The van der Waals surface area contributed by atoms with E-state index in [-0.39, 0.29) is 34.5 Å². The summed E-state index contributed by atoms with van der Waals surface area (Å²) in [6.07, 6.45) is -5.44. The summed E-state index contributed by atoms with van der Waals surface area (Å²) >= 11 is 0. The lowest BCUT2D eigenvalue weighted by molar-refractivity contribution is -0.133. The maximum Gasteiger partial charge on any atom is 0.514 e. The normalized spacial score (nSPS) is 10.1. The number of carbonyl (C=O) groups excluding carboxylic acids is 6. The molecule has 0 aromatic heterocycles. The molecule has 15 nitrogen and oxygen atoms in total. The number of ether oxygens (including phenoxy) is 9. The minimum Gasteiger partial charge on any atom is -0.430 e. The first-order valence-electron chi connectivity index (χ1n) is 12.9. The molecule has 0 aliphatic rings. The predicted octanol–water partition coefficient (Wildman–Crippen LogP) is 4.78. The molecule has 0 radical (unpaired) electrons. The molecule has 0 saturated heterocycles. The van der Waals surface area contributed by atoms with Crippen molar-refractivity contribution in [3.63, 3.8) is 0 Å². The number of hydrogen-bond donors (Lipinski definition) is 0. The summed E-state index contributed by atoms with van der Waals surface area (Å²) < 4.78 is 45.4. The first-order chi connectivity index (χ1) is 21.5. The highest BCUT2D eigenvalue weighted by Gasteiger charge is 2.24. The zero-order valence-corrected chi connectivity index (χ0v) is 24.0. The third kappa shape index (κ3) is 11.6. The van der Waals surface area contributed by atoms with Gasteiger partial charge in [-0.2, -0.15) is 0 Å². The lowest BCUT2D eigenvalue weighted by atomic mass is 10.3. The molecule has 0 bridgehead atoms. The first kappa shape index (κ1) is 33.4. The van der Waals surface area contributed by atoms with Crippen LogP contribution in [0.25, 0.3) is 0 Å². The molecule has 0 saturated carbocycles.